The van der Waals surface area contributed by atoms with E-state index in [2.05, 4.69) is 72.8 Å². The van der Waals surface area contributed by atoms with Crippen molar-refractivity contribution < 1.29 is 80.2 Å². The van der Waals surface area contributed by atoms with E-state index in [0.29, 0.717) is 31.6 Å². The number of ether oxygens (including phenoxy) is 4. The van der Waals surface area contributed by atoms with Gasteiger partial charge >= 0.3 is 39.5 Å². The van der Waals surface area contributed by atoms with Gasteiger partial charge in [-0.3, -0.25) is 37.3 Å². The summed E-state index contributed by atoms with van der Waals surface area (Å²) in [4.78, 5) is 72.8. The number of rotatable bonds is 74. The van der Waals surface area contributed by atoms with E-state index < -0.39 is 97.5 Å². The highest BCUT2D eigenvalue weighted by atomic mass is 31.2. The standard InChI is InChI=1S/C78H148O17P2/c1-8-10-11-12-13-14-15-16-19-24-27-33-38-47-54-61-77(82)94-73(65-88-75(80)59-52-45-37-32-26-23-21-18-17-20-22-25-30-35-42-49-56-69(3)4)67-92-96(84,85)90-63-72(79)64-91-97(86,87)93-68-74(66-89-76(81)60-53-46-41-40-43-50-57-70(5)6)95-78(83)62-55-48-39-34-29-28-31-36-44-51-58-71(7)9-2/h14-16,19,69-74,79H,8-13,17-18,20-68H2,1-7H3,(H,84,85)(H,86,87)/b15-14-,19-16-/t71?,72-,73-,74-/m1/s1. The van der Waals surface area contributed by atoms with E-state index in [1.807, 2.05) is 0 Å². The smallest absolute Gasteiger partial charge is 0.462 e. The Morgan fingerprint density at radius 3 is 0.918 bits per heavy atom. The Bertz CT molecular complexity index is 1980. The van der Waals surface area contributed by atoms with Gasteiger partial charge in [-0.2, -0.15) is 0 Å². The molecule has 19 heteroatoms. The highest BCUT2D eigenvalue weighted by molar-refractivity contribution is 7.47. The van der Waals surface area contributed by atoms with Crippen LogP contribution in [-0.4, -0.2) is 96.7 Å². The van der Waals surface area contributed by atoms with Gasteiger partial charge in [0.25, 0.3) is 0 Å². The van der Waals surface area contributed by atoms with Crippen LogP contribution < -0.4 is 0 Å². The lowest BCUT2D eigenvalue weighted by molar-refractivity contribution is -0.161. The molecular weight excluding hydrogens is 1270 g/mol. The van der Waals surface area contributed by atoms with Crippen LogP contribution in [0.25, 0.3) is 0 Å². The van der Waals surface area contributed by atoms with Gasteiger partial charge in [0.2, 0.25) is 0 Å². The van der Waals surface area contributed by atoms with Crippen LogP contribution in [0.2, 0.25) is 0 Å². The van der Waals surface area contributed by atoms with Crippen molar-refractivity contribution in [2.45, 2.75) is 394 Å². The summed E-state index contributed by atoms with van der Waals surface area (Å²) >= 11 is 0. The molecule has 3 unspecified atom stereocenters. The van der Waals surface area contributed by atoms with Gasteiger partial charge in [-0.15, -0.1) is 0 Å². The van der Waals surface area contributed by atoms with Crippen LogP contribution in [0.4, 0.5) is 0 Å². The number of phosphoric ester groups is 2. The van der Waals surface area contributed by atoms with Crippen molar-refractivity contribution >= 4 is 39.5 Å². The Morgan fingerprint density at radius 1 is 0.340 bits per heavy atom. The van der Waals surface area contributed by atoms with Gasteiger partial charge in [0, 0.05) is 25.7 Å². The summed E-state index contributed by atoms with van der Waals surface area (Å²) in [5.41, 5.74) is 0. The monoisotopic (exact) mass is 1420 g/mol. The van der Waals surface area contributed by atoms with Crippen molar-refractivity contribution in [2.24, 2.45) is 17.8 Å². The molecule has 6 atom stereocenters. The fourth-order valence-corrected chi connectivity index (χ4v) is 13.0. The van der Waals surface area contributed by atoms with Gasteiger partial charge in [-0.05, 0) is 69.1 Å². The number of phosphoric acid groups is 2. The van der Waals surface area contributed by atoms with Crippen molar-refractivity contribution in [3.05, 3.63) is 24.3 Å². The van der Waals surface area contributed by atoms with Gasteiger partial charge in [-0.1, -0.05) is 323 Å². The third kappa shape index (κ3) is 70.4. The number of allylic oxidation sites excluding steroid dienone is 4. The summed E-state index contributed by atoms with van der Waals surface area (Å²) in [6, 6.07) is 0. The predicted molar refractivity (Wildman–Crippen MR) is 395 cm³/mol. The highest BCUT2D eigenvalue weighted by Gasteiger charge is 2.30. The first-order chi connectivity index (χ1) is 46.8. The van der Waals surface area contributed by atoms with Gasteiger partial charge < -0.3 is 33.8 Å². The van der Waals surface area contributed by atoms with Crippen molar-refractivity contribution in [2.75, 3.05) is 39.6 Å². The van der Waals surface area contributed by atoms with Crippen molar-refractivity contribution in [3.8, 4) is 0 Å². The van der Waals surface area contributed by atoms with Crippen LogP contribution in [0, 0.1) is 17.8 Å². The molecule has 572 valence electrons. The van der Waals surface area contributed by atoms with Crippen LogP contribution in [0.3, 0.4) is 0 Å². The molecular formula is C78H148O17P2. The molecule has 0 aliphatic heterocycles. The maximum atomic E-state index is 13.1. The summed E-state index contributed by atoms with van der Waals surface area (Å²) in [7, 11) is -9.93. The van der Waals surface area contributed by atoms with E-state index in [1.165, 1.54) is 167 Å². The topological polar surface area (TPSA) is 237 Å². The zero-order valence-corrected chi connectivity index (χ0v) is 64.8. The van der Waals surface area contributed by atoms with E-state index in [4.69, 9.17) is 37.0 Å². The van der Waals surface area contributed by atoms with Crippen LogP contribution in [0.1, 0.15) is 376 Å². The fraction of sp³-hybridized carbons (Fsp3) is 0.897. The zero-order valence-electron chi connectivity index (χ0n) is 63.0. The summed E-state index contributed by atoms with van der Waals surface area (Å²) in [5.74, 6) is 0.142. The number of unbranched alkanes of at least 4 members (excludes halogenated alkanes) is 38. The second-order valence-electron chi connectivity index (χ2n) is 28.6. The first-order valence-corrected chi connectivity index (χ1v) is 42.7. The minimum absolute atomic E-state index is 0.0850. The molecule has 0 amide bonds. The second kappa shape index (κ2) is 68.0. The minimum atomic E-state index is -4.97. The van der Waals surface area contributed by atoms with E-state index in [-0.39, 0.29) is 25.7 Å². The van der Waals surface area contributed by atoms with E-state index in [0.717, 1.165) is 121 Å². The number of hydrogen-bond acceptors (Lipinski definition) is 15. The number of esters is 4. The molecule has 0 heterocycles. The lowest BCUT2D eigenvalue weighted by atomic mass is 9.99. The molecule has 0 rings (SSSR count). The van der Waals surface area contributed by atoms with Crippen molar-refractivity contribution in [1.82, 2.24) is 0 Å². The van der Waals surface area contributed by atoms with Crippen molar-refractivity contribution in [1.29, 1.82) is 0 Å². The first-order valence-electron chi connectivity index (χ1n) is 39.7. The average Bonchev–Trinajstić information content (AvgIpc) is 1.04. The molecule has 3 N–H and O–H groups in total. The largest absolute Gasteiger partial charge is 0.472 e. The molecule has 0 aromatic carbocycles. The number of aliphatic hydroxyl groups excluding tert-OH is 1. The van der Waals surface area contributed by atoms with Crippen LogP contribution >= 0.6 is 15.6 Å². The van der Waals surface area contributed by atoms with Gasteiger partial charge in [0.1, 0.15) is 19.3 Å². The number of carbonyl (C=O) groups is 4. The summed E-state index contributed by atoms with van der Waals surface area (Å²) in [6.07, 6.45) is 57.8. The van der Waals surface area contributed by atoms with E-state index in [9.17, 15) is 43.2 Å². The molecule has 0 saturated carbocycles. The second-order valence-corrected chi connectivity index (χ2v) is 31.5. The molecule has 97 heavy (non-hydrogen) atoms. The van der Waals surface area contributed by atoms with Crippen LogP contribution in [0.15, 0.2) is 24.3 Å². The fourth-order valence-electron chi connectivity index (χ4n) is 11.4. The molecule has 0 radical (unpaired) electrons. The molecule has 0 aliphatic carbocycles. The lowest BCUT2D eigenvalue weighted by Crippen LogP contribution is -2.30. The summed E-state index contributed by atoms with van der Waals surface area (Å²) < 4.78 is 68.5. The van der Waals surface area contributed by atoms with E-state index in [1.54, 1.807) is 0 Å². The maximum absolute atomic E-state index is 13.1. The number of aliphatic hydroxyl groups is 1. The van der Waals surface area contributed by atoms with Gasteiger partial charge in [0.05, 0.1) is 26.4 Å². The SMILES string of the molecule is CCCCCC/C=C\C=C/CCCCCCCC(=O)O[C@H](COC(=O)CCCCCCCCCCCCCCCCCCC(C)C)COP(=O)(O)OC[C@@H](O)COP(=O)(O)OC[C@@H](COC(=O)CCCCCCCCC(C)C)OC(=O)CCCCCCCCCCCCC(C)CC. The highest BCUT2D eigenvalue weighted by Crippen LogP contribution is 2.45. The molecule has 0 aliphatic rings. The molecule has 0 bridgehead atoms. The van der Waals surface area contributed by atoms with Crippen LogP contribution in [0.5, 0.6) is 0 Å². The Morgan fingerprint density at radius 2 is 0.608 bits per heavy atom. The molecule has 0 saturated heterocycles. The molecule has 17 nitrogen and oxygen atoms in total. The third-order valence-corrected chi connectivity index (χ3v) is 19.8. The van der Waals surface area contributed by atoms with E-state index >= 15 is 0 Å². The Hall–Kier alpha value is -2.46. The maximum Gasteiger partial charge on any atom is 0.472 e. The zero-order chi connectivity index (χ0) is 71.6. The molecule has 0 aromatic rings. The van der Waals surface area contributed by atoms with Gasteiger partial charge in [0.15, 0.2) is 12.2 Å². The summed E-state index contributed by atoms with van der Waals surface area (Å²) in [5, 5.41) is 10.6. The first kappa shape index (κ1) is 94.5. The molecule has 0 aromatic heterocycles. The number of hydrogen-bond donors (Lipinski definition) is 3. The Balaban J connectivity index is 5.26. The predicted octanol–water partition coefficient (Wildman–Crippen LogP) is 22.5. The molecule has 0 spiro atoms. The Labute approximate surface area is 592 Å². The van der Waals surface area contributed by atoms with Crippen molar-refractivity contribution in [3.63, 3.8) is 0 Å². The quantitative estimate of drug-likeness (QED) is 0.0169. The average molecular weight is 1420 g/mol. The normalized spacial score (nSPS) is 14.5. The third-order valence-electron chi connectivity index (χ3n) is 17.9. The number of carbonyl (C=O) groups excluding carboxylic acids is 4. The molecule has 0 fully saturated rings. The lowest BCUT2D eigenvalue weighted by Gasteiger charge is -2.21. The Kier molecular flexibility index (Phi) is 66.3. The van der Waals surface area contributed by atoms with Gasteiger partial charge in [-0.25, -0.2) is 9.13 Å². The summed E-state index contributed by atoms with van der Waals surface area (Å²) in [6.45, 7) is 11.8. The van der Waals surface area contributed by atoms with Crippen LogP contribution in [-0.2, 0) is 65.4 Å². The minimum Gasteiger partial charge on any atom is -0.462 e.